The van der Waals surface area contributed by atoms with E-state index in [4.69, 9.17) is 4.74 Å². The predicted molar refractivity (Wildman–Crippen MR) is 73.4 cm³/mol. The molecule has 0 aliphatic rings. The zero-order valence-corrected chi connectivity index (χ0v) is 11.8. The molecule has 0 fully saturated rings. The van der Waals surface area contributed by atoms with Crippen LogP contribution in [0.1, 0.15) is 44.7 Å². The second-order valence-corrected chi connectivity index (χ2v) is 4.86. The van der Waals surface area contributed by atoms with E-state index in [1.54, 1.807) is 7.11 Å². The molecule has 1 N–H and O–H groups in total. The van der Waals surface area contributed by atoms with Crippen molar-refractivity contribution in [2.75, 3.05) is 14.2 Å². The Balaban J connectivity index is 2.81. The van der Waals surface area contributed by atoms with E-state index in [-0.39, 0.29) is 11.9 Å². The molecule has 1 aromatic rings. The van der Waals surface area contributed by atoms with Gasteiger partial charge in [0.1, 0.15) is 11.6 Å². The van der Waals surface area contributed by atoms with E-state index < -0.39 is 0 Å². The van der Waals surface area contributed by atoms with E-state index >= 15 is 0 Å². The van der Waals surface area contributed by atoms with E-state index in [1.165, 1.54) is 18.9 Å². The second-order valence-electron chi connectivity index (χ2n) is 4.86. The first-order chi connectivity index (χ1) is 8.62. The highest BCUT2D eigenvalue weighted by Gasteiger charge is 2.17. The summed E-state index contributed by atoms with van der Waals surface area (Å²) in [5.41, 5.74) is 0.723. The molecule has 1 rings (SSSR count). The summed E-state index contributed by atoms with van der Waals surface area (Å²) in [6.45, 7) is 4.40. The Morgan fingerprint density at radius 1 is 1.39 bits per heavy atom. The molecule has 18 heavy (non-hydrogen) atoms. The van der Waals surface area contributed by atoms with Crippen LogP contribution in [0.15, 0.2) is 18.2 Å². The highest BCUT2D eigenvalue weighted by Crippen LogP contribution is 2.27. The number of hydrogen-bond donors (Lipinski definition) is 1. The predicted octanol–water partition coefficient (Wildman–Crippen LogP) is 3.92. The van der Waals surface area contributed by atoms with Crippen LogP contribution in [0, 0.1) is 11.7 Å². The van der Waals surface area contributed by atoms with Crippen molar-refractivity contribution in [3.63, 3.8) is 0 Å². The van der Waals surface area contributed by atoms with E-state index in [2.05, 4.69) is 19.2 Å². The van der Waals surface area contributed by atoms with Crippen molar-refractivity contribution in [2.24, 2.45) is 5.92 Å². The first kappa shape index (κ1) is 15.0. The van der Waals surface area contributed by atoms with Crippen LogP contribution in [-0.2, 0) is 0 Å². The summed E-state index contributed by atoms with van der Waals surface area (Å²) in [5, 5.41) is 3.21. The quantitative estimate of drug-likeness (QED) is 0.795. The number of hydrogen-bond acceptors (Lipinski definition) is 2. The molecule has 0 saturated heterocycles. The van der Waals surface area contributed by atoms with Gasteiger partial charge in [0.2, 0.25) is 0 Å². The zero-order chi connectivity index (χ0) is 13.5. The fourth-order valence-corrected chi connectivity index (χ4v) is 2.33. The van der Waals surface area contributed by atoms with Gasteiger partial charge in [0, 0.05) is 17.7 Å². The molecule has 0 aliphatic heterocycles. The molecule has 3 heteroatoms. The molecule has 1 aromatic carbocycles. The molecule has 0 aromatic heterocycles. The Bertz CT molecular complexity index is 368. The lowest BCUT2D eigenvalue weighted by Crippen LogP contribution is -2.20. The number of methoxy groups -OCH3 is 1. The molecule has 0 spiro atoms. The van der Waals surface area contributed by atoms with Crippen LogP contribution in [0.5, 0.6) is 5.75 Å². The Kier molecular flexibility index (Phi) is 6.13. The van der Waals surface area contributed by atoms with Crippen LogP contribution in [0.4, 0.5) is 4.39 Å². The maximum atomic E-state index is 14.0. The van der Waals surface area contributed by atoms with Crippen molar-refractivity contribution in [3.8, 4) is 5.75 Å². The third kappa shape index (κ3) is 3.98. The summed E-state index contributed by atoms with van der Waals surface area (Å²) >= 11 is 0. The fraction of sp³-hybridized carbons (Fsp3) is 0.600. The van der Waals surface area contributed by atoms with E-state index in [9.17, 15) is 4.39 Å². The van der Waals surface area contributed by atoms with E-state index in [0.717, 1.165) is 12.0 Å². The van der Waals surface area contributed by atoms with Crippen LogP contribution in [0.25, 0.3) is 0 Å². The average Bonchev–Trinajstić information content (AvgIpc) is 2.36. The molecule has 2 unspecified atom stereocenters. The average molecular weight is 253 g/mol. The van der Waals surface area contributed by atoms with Crippen LogP contribution in [0.2, 0.25) is 0 Å². The number of nitrogens with one attached hydrogen (secondary N) is 1. The third-order valence-corrected chi connectivity index (χ3v) is 3.35. The standard InChI is InChI=1S/C15H24FNO/c1-5-6-11(2)9-15(17-3)13-8-7-12(18-4)10-14(13)16/h7-8,10-11,15,17H,5-6,9H2,1-4H3. The van der Waals surface area contributed by atoms with Gasteiger partial charge >= 0.3 is 0 Å². The molecule has 0 amide bonds. The van der Waals surface area contributed by atoms with Crippen LogP contribution in [-0.4, -0.2) is 14.2 Å². The summed E-state index contributed by atoms with van der Waals surface area (Å²) in [7, 11) is 3.43. The van der Waals surface area contributed by atoms with Gasteiger partial charge in [-0.1, -0.05) is 32.8 Å². The third-order valence-electron chi connectivity index (χ3n) is 3.35. The first-order valence-electron chi connectivity index (χ1n) is 6.63. The highest BCUT2D eigenvalue weighted by atomic mass is 19.1. The smallest absolute Gasteiger partial charge is 0.131 e. The molecule has 0 heterocycles. The Hall–Kier alpha value is -1.09. The normalized spacial score (nSPS) is 14.3. The Labute approximate surface area is 110 Å². The molecule has 102 valence electrons. The van der Waals surface area contributed by atoms with Crippen molar-refractivity contribution < 1.29 is 9.13 Å². The summed E-state index contributed by atoms with van der Waals surface area (Å²) in [4.78, 5) is 0. The minimum Gasteiger partial charge on any atom is -0.497 e. The highest BCUT2D eigenvalue weighted by molar-refractivity contribution is 5.30. The first-order valence-corrected chi connectivity index (χ1v) is 6.63. The van der Waals surface area contributed by atoms with Crippen molar-refractivity contribution in [1.82, 2.24) is 5.32 Å². The SMILES string of the molecule is CCCC(C)CC(NC)c1ccc(OC)cc1F. The molecule has 2 nitrogen and oxygen atoms in total. The van der Waals surface area contributed by atoms with E-state index in [1.807, 2.05) is 19.2 Å². The van der Waals surface area contributed by atoms with Crippen molar-refractivity contribution in [3.05, 3.63) is 29.6 Å². The fourth-order valence-electron chi connectivity index (χ4n) is 2.33. The van der Waals surface area contributed by atoms with Gasteiger partial charge in [-0.05, 0) is 25.5 Å². The van der Waals surface area contributed by atoms with Gasteiger partial charge < -0.3 is 10.1 Å². The van der Waals surface area contributed by atoms with Crippen LogP contribution >= 0.6 is 0 Å². The zero-order valence-electron chi connectivity index (χ0n) is 11.8. The van der Waals surface area contributed by atoms with Crippen LogP contribution < -0.4 is 10.1 Å². The van der Waals surface area contributed by atoms with Gasteiger partial charge in [-0.25, -0.2) is 4.39 Å². The molecular weight excluding hydrogens is 229 g/mol. The van der Waals surface area contributed by atoms with E-state index in [0.29, 0.717) is 11.7 Å². The number of ether oxygens (including phenoxy) is 1. The molecule has 0 saturated carbocycles. The lowest BCUT2D eigenvalue weighted by Gasteiger charge is -2.21. The summed E-state index contributed by atoms with van der Waals surface area (Å²) in [6, 6.07) is 5.14. The monoisotopic (exact) mass is 253 g/mol. The maximum absolute atomic E-state index is 14.0. The van der Waals surface area contributed by atoms with Crippen molar-refractivity contribution in [1.29, 1.82) is 0 Å². The lowest BCUT2D eigenvalue weighted by molar-refractivity contribution is 0.391. The van der Waals surface area contributed by atoms with Gasteiger partial charge in [0.05, 0.1) is 7.11 Å². The molecule has 0 bridgehead atoms. The van der Waals surface area contributed by atoms with Crippen molar-refractivity contribution in [2.45, 2.75) is 39.2 Å². The number of halogens is 1. The van der Waals surface area contributed by atoms with Gasteiger partial charge in [-0.3, -0.25) is 0 Å². The van der Waals surface area contributed by atoms with Crippen LogP contribution in [0.3, 0.4) is 0 Å². The van der Waals surface area contributed by atoms with Gasteiger partial charge in [-0.2, -0.15) is 0 Å². The summed E-state index contributed by atoms with van der Waals surface area (Å²) in [6.07, 6.45) is 3.30. The number of rotatable bonds is 7. The minimum atomic E-state index is -0.197. The minimum absolute atomic E-state index is 0.0671. The van der Waals surface area contributed by atoms with Gasteiger partial charge in [-0.15, -0.1) is 0 Å². The molecule has 0 radical (unpaired) electrons. The lowest BCUT2D eigenvalue weighted by atomic mass is 9.93. The van der Waals surface area contributed by atoms with Gasteiger partial charge in [0.15, 0.2) is 0 Å². The Morgan fingerprint density at radius 3 is 2.61 bits per heavy atom. The summed E-state index contributed by atoms with van der Waals surface area (Å²) < 4.78 is 19.0. The van der Waals surface area contributed by atoms with Gasteiger partial charge in [0.25, 0.3) is 0 Å². The molecule has 0 aliphatic carbocycles. The topological polar surface area (TPSA) is 21.3 Å². The largest absolute Gasteiger partial charge is 0.497 e. The summed E-state index contributed by atoms with van der Waals surface area (Å²) in [5.74, 6) is 0.957. The Morgan fingerprint density at radius 2 is 2.11 bits per heavy atom. The second kappa shape index (κ2) is 7.37. The number of benzene rings is 1. The van der Waals surface area contributed by atoms with Crippen molar-refractivity contribution >= 4 is 0 Å². The molecular formula is C15H24FNO. The molecule has 2 atom stereocenters. The maximum Gasteiger partial charge on any atom is 0.131 e.